The Morgan fingerprint density at radius 3 is 2.80 bits per heavy atom. The number of hydrogen-bond donors (Lipinski definition) is 2. The van der Waals surface area contributed by atoms with Crippen molar-refractivity contribution in [1.29, 1.82) is 0 Å². The fourth-order valence-corrected chi connectivity index (χ4v) is 2.45. The Morgan fingerprint density at radius 2 is 2.12 bits per heavy atom. The molecule has 1 aromatic carbocycles. The molecule has 6 heteroatoms. The number of carbonyl (C=O) groups excluding carboxylic acids is 1. The molecule has 0 aliphatic heterocycles. The quantitative estimate of drug-likeness (QED) is 0.532. The third-order valence-corrected chi connectivity index (χ3v) is 3.62. The highest BCUT2D eigenvalue weighted by Gasteiger charge is 2.10. The Hall–Kier alpha value is -3.15. The second-order valence-corrected chi connectivity index (χ2v) is 6.18. The van der Waals surface area contributed by atoms with E-state index in [9.17, 15) is 4.79 Å². The molecule has 3 aromatic rings. The van der Waals surface area contributed by atoms with Gasteiger partial charge in [0.15, 0.2) is 0 Å². The molecule has 3 rings (SSSR count). The van der Waals surface area contributed by atoms with Crippen LogP contribution in [0.1, 0.15) is 35.7 Å². The van der Waals surface area contributed by atoms with Gasteiger partial charge in [0.2, 0.25) is 0 Å². The van der Waals surface area contributed by atoms with Crippen molar-refractivity contribution in [2.24, 2.45) is 11.0 Å². The number of amides is 1. The molecule has 0 aliphatic carbocycles. The molecular formula is C19H20N4O2. The molecule has 2 heterocycles. The van der Waals surface area contributed by atoms with Gasteiger partial charge in [0.25, 0.3) is 5.91 Å². The molecule has 0 fully saturated rings. The van der Waals surface area contributed by atoms with Crippen LogP contribution >= 0.6 is 0 Å². The number of hydrazone groups is 1. The van der Waals surface area contributed by atoms with Crippen molar-refractivity contribution in [2.45, 2.75) is 20.3 Å². The minimum absolute atomic E-state index is 0.345. The zero-order chi connectivity index (χ0) is 17.6. The maximum Gasteiger partial charge on any atom is 0.289 e. The second-order valence-electron chi connectivity index (χ2n) is 6.18. The summed E-state index contributed by atoms with van der Waals surface area (Å²) >= 11 is 0. The monoisotopic (exact) mass is 336 g/mol. The topological polar surface area (TPSA) is 83.3 Å². The first-order valence-corrected chi connectivity index (χ1v) is 8.13. The number of hydrogen-bond acceptors (Lipinski definition) is 4. The van der Waals surface area contributed by atoms with Gasteiger partial charge >= 0.3 is 0 Å². The first kappa shape index (κ1) is 16.7. The lowest BCUT2D eigenvalue weighted by Crippen LogP contribution is -2.17. The molecule has 0 unspecified atom stereocenters. The summed E-state index contributed by atoms with van der Waals surface area (Å²) in [4.78, 5) is 12.1. The summed E-state index contributed by atoms with van der Waals surface area (Å²) in [6.45, 7) is 4.39. The number of furan rings is 1. The summed E-state index contributed by atoms with van der Waals surface area (Å²) in [7, 11) is 0. The van der Waals surface area contributed by atoms with E-state index in [1.54, 1.807) is 18.2 Å². The molecule has 0 saturated carbocycles. The fraction of sp³-hybridized carbons (Fsp3) is 0.211. The highest BCUT2D eigenvalue weighted by atomic mass is 16.3. The Morgan fingerprint density at radius 1 is 1.32 bits per heavy atom. The van der Waals surface area contributed by atoms with Gasteiger partial charge in [-0.15, -0.1) is 0 Å². The Kier molecular flexibility index (Phi) is 5.09. The summed E-state index contributed by atoms with van der Waals surface area (Å²) in [5, 5.41) is 10.8. The van der Waals surface area contributed by atoms with Crippen molar-refractivity contribution in [1.82, 2.24) is 15.6 Å². The predicted molar refractivity (Wildman–Crippen MR) is 96.3 cm³/mol. The Labute approximate surface area is 146 Å². The van der Waals surface area contributed by atoms with Crippen LogP contribution in [0, 0.1) is 5.92 Å². The fourth-order valence-electron chi connectivity index (χ4n) is 2.45. The first-order valence-electron chi connectivity index (χ1n) is 8.13. The molecule has 0 bridgehead atoms. The van der Waals surface area contributed by atoms with Crippen molar-refractivity contribution in [3.63, 3.8) is 0 Å². The summed E-state index contributed by atoms with van der Waals surface area (Å²) in [5.41, 5.74) is 5.75. The molecule has 6 nitrogen and oxygen atoms in total. The highest BCUT2D eigenvalue weighted by Crippen LogP contribution is 2.19. The van der Waals surface area contributed by atoms with E-state index in [1.807, 2.05) is 12.1 Å². The van der Waals surface area contributed by atoms with Crippen molar-refractivity contribution in [3.05, 3.63) is 65.7 Å². The van der Waals surface area contributed by atoms with Gasteiger partial charge < -0.3 is 4.42 Å². The molecular weight excluding hydrogens is 316 g/mol. The maximum atomic E-state index is 12.1. The molecule has 2 aromatic heterocycles. The van der Waals surface area contributed by atoms with E-state index in [4.69, 9.17) is 4.42 Å². The largest absolute Gasteiger partial charge is 0.463 e. The van der Waals surface area contributed by atoms with Gasteiger partial charge in [-0.25, -0.2) is 5.43 Å². The van der Waals surface area contributed by atoms with Crippen molar-refractivity contribution >= 4 is 12.1 Å². The summed E-state index contributed by atoms with van der Waals surface area (Å²) in [5.74, 6) is 0.818. The summed E-state index contributed by atoms with van der Waals surface area (Å²) < 4.78 is 5.10. The smallest absolute Gasteiger partial charge is 0.289 e. The van der Waals surface area contributed by atoms with E-state index >= 15 is 0 Å². The van der Waals surface area contributed by atoms with Crippen LogP contribution in [-0.4, -0.2) is 22.3 Å². The number of aromatic amines is 1. The number of carbonyl (C=O) groups is 1. The van der Waals surface area contributed by atoms with Gasteiger partial charge in [-0.3, -0.25) is 9.89 Å². The van der Waals surface area contributed by atoms with Crippen LogP contribution in [0.15, 0.2) is 58.2 Å². The first-order chi connectivity index (χ1) is 12.1. The number of rotatable bonds is 6. The Bertz CT molecular complexity index is 846. The third kappa shape index (κ3) is 4.44. The molecule has 25 heavy (non-hydrogen) atoms. The lowest BCUT2D eigenvalue weighted by Gasteiger charge is -2.05. The minimum Gasteiger partial charge on any atom is -0.463 e. The van der Waals surface area contributed by atoms with Crippen LogP contribution in [-0.2, 0) is 6.42 Å². The third-order valence-electron chi connectivity index (χ3n) is 3.62. The van der Waals surface area contributed by atoms with E-state index in [-0.39, 0.29) is 5.91 Å². The van der Waals surface area contributed by atoms with E-state index in [2.05, 4.69) is 46.7 Å². The zero-order valence-corrected chi connectivity index (χ0v) is 14.2. The van der Waals surface area contributed by atoms with Gasteiger partial charge in [-0.2, -0.15) is 10.2 Å². The summed E-state index contributed by atoms with van der Waals surface area (Å²) in [6, 6.07) is 13.4. The van der Waals surface area contributed by atoms with Gasteiger partial charge in [0.1, 0.15) is 11.5 Å². The Balaban J connectivity index is 1.64. The number of aromatic nitrogens is 2. The standard InChI is InChI=1S/C19H20N4O2/c1-13(2)10-14-5-7-15(8-6-14)17-11-18(22-21-17)19(24)23-20-12-16-4-3-9-25-16/h3-9,11-13H,10H2,1-2H3,(H,21,22)(H,23,24). The van der Waals surface area contributed by atoms with Crippen LogP contribution in [0.25, 0.3) is 11.3 Å². The van der Waals surface area contributed by atoms with Crippen LogP contribution in [0.2, 0.25) is 0 Å². The number of H-pyrrole nitrogens is 1. The average molecular weight is 336 g/mol. The lowest BCUT2D eigenvalue weighted by atomic mass is 10.0. The van der Waals surface area contributed by atoms with E-state index in [1.165, 1.54) is 18.0 Å². The molecule has 128 valence electrons. The van der Waals surface area contributed by atoms with Crippen molar-refractivity contribution < 1.29 is 9.21 Å². The normalized spacial score (nSPS) is 11.3. The molecule has 0 radical (unpaired) electrons. The van der Waals surface area contributed by atoms with E-state index in [0.29, 0.717) is 17.4 Å². The van der Waals surface area contributed by atoms with Crippen LogP contribution < -0.4 is 5.43 Å². The predicted octanol–water partition coefficient (Wildman–Crippen LogP) is 3.63. The molecule has 2 N–H and O–H groups in total. The van der Waals surface area contributed by atoms with E-state index < -0.39 is 0 Å². The van der Waals surface area contributed by atoms with Crippen LogP contribution in [0.5, 0.6) is 0 Å². The molecule has 0 aliphatic rings. The molecule has 0 spiro atoms. The van der Waals surface area contributed by atoms with Gasteiger partial charge in [-0.05, 0) is 36.1 Å². The van der Waals surface area contributed by atoms with Crippen LogP contribution in [0.4, 0.5) is 0 Å². The molecule has 1 amide bonds. The lowest BCUT2D eigenvalue weighted by molar-refractivity contribution is 0.0950. The highest BCUT2D eigenvalue weighted by molar-refractivity contribution is 5.93. The minimum atomic E-state index is -0.363. The van der Waals surface area contributed by atoms with Gasteiger partial charge in [0.05, 0.1) is 18.2 Å². The van der Waals surface area contributed by atoms with E-state index in [0.717, 1.165) is 17.7 Å². The number of nitrogens with one attached hydrogen (secondary N) is 2. The van der Waals surface area contributed by atoms with Gasteiger partial charge in [-0.1, -0.05) is 38.1 Å². The van der Waals surface area contributed by atoms with Crippen molar-refractivity contribution in [2.75, 3.05) is 0 Å². The second kappa shape index (κ2) is 7.61. The average Bonchev–Trinajstić information content (AvgIpc) is 3.26. The maximum absolute atomic E-state index is 12.1. The molecule has 0 atom stereocenters. The SMILES string of the molecule is CC(C)Cc1ccc(-c2cc(C(=O)NN=Cc3ccco3)[nH]n2)cc1. The van der Waals surface area contributed by atoms with Gasteiger partial charge in [0, 0.05) is 5.56 Å². The van der Waals surface area contributed by atoms with Crippen LogP contribution in [0.3, 0.4) is 0 Å². The zero-order valence-electron chi connectivity index (χ0n) is 14.2. The van der Waals surface area contributed by atoms with Crippen molar-refractivity contribution in [3.8, 4) is 11.3 Å². The summed E-state index contributed by atoms with van der Waals surface area (Å²) in [6.07, 6.45) is 4.02. The number of benzene rings is 1. The molecule has 0 saturated heterocycles. The number of nitrogens with zero attached hydrogens (tertiary/aromatic N) is 2.